The van der Waals surface area contributed by atoms with Gasteiger partial charge in [0.2, 0.25) is 0 Å². The van der Waals surface area contributed by atoms with Gasteiger partial charge in [0.25, 0.3) is 0 Å². The highest BCUT2D eigenvalue weighted by molar-refractivity contribution is 4.61. The third-order valence-electron chi connectivity index (χ3n) is 0.834. The second-order valence-corrected chi connectivity index (χ2v) is 1.56. The maximum Gasteiger partial charge on any atom is 0.192 e. The van der Waals surface area contributed by atoms with Gasteiger partial charge in [0.05, 0.1) is 13.2 Å². The molecule has 1 heterocycles. The molecular formula is C4H6F2NO. The van der Waals surface area contributed by atoms with E-state index in [0.29, 0.717) is 0 Å². The molecule has 0 saturated carbocycles. The first-order valence-electron chi connectivity index (χ1n) is 2.35. The minimum absolute atomic E-state index is 0.0968. The second-order valence-electron chi connectivity index (χ2n) is 1.56. The van der Waals surface area contributed by atoms with Crippen molar-refractivity contribution in [3.63, 3.8) is 0 Å². The zero-order chi connectivity index (χ0) is 5.98. The van der Waals surface area contributed by atoms with Crippen LogP contribution in [0.25, 0.3) is 0 Å². The minimum Gasteiger partial charge on any atom is -0.372 e. The van der Waals surface area contributed by atoms with Crippen molar-refractivity contribution in [2.24, 2.45) is 0 Å². The molecule has 1 fully saturated rings. The fourth-order valence-electron chi connectivity index (χ4n) is 0.524. The zero-order valence-electron chi connectivity index (χ0n) is 4.18. The number of hydrogen-bond donors (Lipinski definition) is 0. The molecule has 2 atom stereocenters. The lowest BCUT2D eigenvalue weighted by atomic mass is 10.5. The van der Waals surface area contributed by atoms with E-state index in [0.717, 1.165) is 0 Å². The molecule has 0 N–H and O–H groups in total. The SMILES string of the molecule is FC1COCC(F)[N]1. The van der Waals surface area contributed by atoms with E-state index in [9.17, 15) is 8.78 Å². The molecule has 0 aromatic carbocycles. The molecule has 1 saturated heterocycles. The van der Waals surface area contributed by atoms with Crippen LogP contribution in [0.15, 0.2) is 0 Å². The summed E-state index contributed by atoms with van der Waals surface area (Å²) in [6.45, 7) is -0.194. The number of nitrogens with zero attached hydrogens (tertiary/aromatic N) is 1. The standard InChI is InChI=1S/C4H6F2NO/c5-3-1-8-2-4(6)7-3/h3-4H,1-2H2. The smallest absolute Gasteiger partial charge is 0.192 e. The van der Waals surface area contributed by atoms with Gasteiger partial charge in [-0.15, -0.1) is 0 Å². The maximum absolute atomic E-state index is 11.9. The second kappa shape index (κ2) is 2.37. The monoisotopic (exact) mass is 122 g/mol. The number of alkyl halides is 2. The molecule has 1 aliphatic heterocycles. The van der Waals surface area contributed by atoms with Crippen LogP contribution in [0.4, 0.5) is 8.78 Å². The van der Waals surface area contributed by atoms with Crippen LogP contribution in [0.1, 0.15) is 0 Å². The summed E-state index contributed by atoms with van der Waals surface area (Å²) in [6, 6.07) is 0. The van der Waals surface area contributed by atoms with Crippen molar-refractivity contribution in [3.05, 3.63) is 0 Å². The normalized spacial score (nSPS) is 39.8. The van der Waals surface area contributed by atoms with Gasteiger partial charge in [0.1, 0.15) is 0 Å². The molecular weight excluding hydrogens is 116 g/mol. The van der Waals surface area contributed by atoms with Gasteiger partial charge >= 0.3 is 0 Å². The molecule has 0 aromatic heterocycles. The summed E-state index contributed by atoms with van der Waals surface area (Å²) in [7, 11) is 0. The molecule has 0 aliphatic carbocycles. The number of morpholine rings is 1. The quantitative estimate of drug-likeness (QED) is 0.421. The lowest BCUT2D eigenvalue weighted by Crippen LogP contribution is -2.38. The van der Waals surface area contributed by atoms with Gasteiger partial charge in [0, 0.05) is 0 Å². The highest BCUT2D eigenvalue weighted by Gasteiger charge is 2.20. The first-order chi connectivity index (χ1) is 3.79. The topological polar surface area (TPSA) is 23.3 Å². The molecule has 2 unspecified atom stereocenters. The Bertz CT molecular complexity index is 72.4. The molecule has 0 spiro atoms. The van der Waals surface area contributed by atoms with Gasteiger partial charge < -0.3 is 4.74 Å². The van der Waals surface area contributed by atoms with E-state index in [1.54, 1.807) is 0 Å². The highest BCUT2D eigenvalue weighted by Crippen LogP contribution is 2.02. The Labute approximate surface area is 45.8 Å². The molecule has 0 bridgehead atoms. The molecule has 4 heteroatoms. The van der Waals surface area contributed by atoms with Crippen LogP contribution < -0.4 is 5.32 Å². The molecule has 1 radical (unpaired) electrons. The van der Waals surface area contributed by atoms with Gasteiger partial charge in [-0.3, -0.25) is 0 Å². The van der Waals surface area contributed by atoms with E-state index in [2.05, 4.69) is 10.1 Å². The summed E-state index contributed by atoms with van der Waals surface area (Å²) in [5.41, 5.74) is 0. The molecule has 47 valence electrons. The lowest BCUT2D eigenvalue weighted by Gasteiger charge is -2.18. The van der Waals surface area contributed by atoms with Crippen molar-refractivity contribution < 1.29 is 13.5 Å². The van der Waals surface area contributed by atoms with Gasteiger partial charge in [-0.25, -0.2) is 8.78 Å². The molecule has 0 aromatic rings. The molecule has 2 nitrogen and oxygen atoms in total. The van der Waals surface area contributed by atoms with Crippen LogP contribution in [-0.2, 0) is 4.74 Å². The van der Waals surface area contributed by atoms with E-state index in [-0.39, 0.29) is 13.2 Å². The van der Waals surface area contributed by atoms with Crippen LogP contribution in [0.5, 0.6) is 0 Å². The maximum atomic E-state index is 11.9. The lowest BCUT2D eigenvalue weighted by molar-refractivity contribution is -0.0401. The summed E-state index contributed by atoms with van der Waals surface area (Å²) in [5.74, 6) is 0. The van der Waals surface area contributed by atoms with Crippen LogP contribution in [0.2, 0.25) is 0 Å². The Morgan fingerprint density at radius 1 is 1.25 bits per heavy atom. The Kier molecular flexibility index (Phi) is 1.75. The van der Waals surface area contributed by atoms with Crippen LogP contribution in [0.3, 0.4) is 0 Å². The fraction of sp³-hybridized carbons (Fsp3) is 1.00. The molecule has 0 amide bonds. The number of rotatable bonds is 0. The predicted molar refractivity (Wildman–Crippen MR) is 22.7 cm³/mol. The molecule has 1 aliphatic rings. The van der Waals surface area contributed by atoms with Crippen molar-refractivity contribution >= 4 is 0 Å². The van der Waals surface area contributed by atoms with Gasteiger partial charge in [-0.05, 0) is 0 Å². The Balaban J connectivity index is 2.23. The van der Waals surface area contributed by atoms with Crippen LogP contribution in [0, 0.1) is 0 Å². The van der Waals surface area contributed by atoms with Crippen molar-refractivity contribution in [2.75, 3.05) is 13.2 Å². The third-order valence-corrected chi connectivity index (χ3v) is 0.834. The van der Waals surface area contributed by atoms with Crippen molar-refractivity contribution in [1.82, 2.24) is 5.32 Å². The first kappa shape index (κ1) is 5.91. The van der Waals surface area contributed by atoms with Gasteiger partial charge in [0.15, 0.2) is 12.6 Å². The van der Waals surface area contributed by atoms with E-state index in [4.69, 9.17) is 0 Å². The van der Waals surface area contributed by atoms with Crippen LogP contribution in [-0.4, -0.2) is 25.8 Å². The average Bonchev–Trinajstić information content (AvgIpc) is 1.64. The van der Waals surface area contributed by atoms with E-state index >= 15 is 0 Å². The van der Waals surface area contributed by atoms with E-state index in [1.165, 1.54) is 0 Å². The predicted octanol–water partition coefficient (Wildman–Crippen LogP) is 0.212. The minimum atomic E-state index is -1.46. The van der Waals surface area contributed by atoms with Crippen molar-refractivity contribution in [2.45, 2.75) is 12.6 Å². The van der Waals surface area contributed by atoms with Crippen LogP contribution >= 0.6 is 0 Å². The molecule has 8 heavy (non-hydrogen) atoms. The zero-order valence-corrected chi connectivity index (χ0v) is 4.18. The van der Waals surface area contributed by atoms with Crippen molar-refractivity contribution in [3.8, 4) is 0 Å². The molecule has 1 rings (SSSR count). The Morgan fingerprint density at radius 3 is 2.00 bits per heavy atom. The average molecular weight is 122 g/mol. The largest absolute Gasteiger partial charge is 0.372 e. The summed E-state index contributed by atoms with van der Waals surface area (Å²) < 4.78 is 28.3. The summed E-state index contributed by atoms with van der Waals surface area (Å²) in [4.78, 5) is 0. The Hall–Kier alpha value is -0.220. The van der Waals surface area contributed by atoms with E-state index in [1.807, 2.05) is 0 Å². The first-order valence-corrected chi connectivity index (χ1v) is 2.35. The summed E-state index contributed by atoms with van der Waals surface area (Å²) in [6.07, 6.45) is -2.92. The van der Waals surface area contributed by atoms with Gasteiger partial charge in [-0.1, -0.05) is 0 Å². The number of hydrogen-bond acceptors (Lipinski definition) is 1. The Morgan fingerprint density at radius 2 is 1.75 bits per heavy atom. The summed E-state index contributed by atoms with van der Waals surface area (Å²) >= 11 is 0. The highest BCUT2D eigenvalue weighted by atomic mass is 19.2. The van der Waals surface area contributed by atoms with Gasteiger partial charge in [-0.2, -0.15) is 5.32 Å². The summed E-state index contributed by atoms with van der Waals surface area (Å²) in [5, 5.41) is 3.02. The van der Waals surface area contributed by atoms with E-state index < -0.39 is 12.6 Å². The third kappa shape index (κ3) is 1.38. The van der Waals surface area contributed by atoms with Crippen molar-refractivity contribution in [1.29, 1.82) is 0 Å². The fourth-order valence-corrected chi connectivity index (χ4v) is 0.524. The number of ether oxygens (including phenoxy) is 1. The number of halogens is 2.